The van der Waals surface area contributed by atoms with Gasteiger partial charge < -0.3 is 9.47 Å². The largest absolute Gasteiger partial charge is 0.493 e. The number of aromatic nitrogens is 1. The second kappa shape index (κ2) is 8.33. The average Bonchev–Trinajstić information content (AvgIpc) is 2.93. The smallest absolute Gasteiger partial charge is 0.203 e. The minimum absolute atomic E-state index is 0.525. The minimum atomic E-state index is 0.525. The van der Waals surface area contributed by atoms with Crippen LogP contribution in [0.15, 0.2) is 40.3 Å². The Labute approximate surface area is 140 Å². The Morgan fingerprint density at radius 2 is 2.17 bits per heavy atom. The number of nitrogens with one attached hydrogen (secondary N) is 1. The van der Waals surface area contributed by atoms with Crippen LogP contribution in [0.25, 0.3) is 0 Å². The Bertz CT molecular complexity index is 704. The van der Waals surface area contributed by atoms with E-state index in [4.69, 9.17) is 9.47 Å². The lowest BCUT2D eigenvalue weighted by Gasteiger charge is -2.10. The van der Waals surface area contributed by atoms with Gasteiger partial charge in [0.1, 0.15) is 6.61 Å². The van der Waals surface area contributed by atoms with E-state index in [1.165, 1.54) is 16.9 Å². The molecule has 0 bridgehead atoms. The summed E-state index contributed by atoms with van der Waals surface area (Å²) in [5.74, 6) is 1.40. The Hall–Kier alpha value is -2.34. The van der Waals surface area contributed by atoms with Crippen LogP contribution in [-0.4, -0.2) is 24.9 Å². The normalized spacial score (nSPS) is 10.6. The molecule has 2 rings (SSSR count). The highest BCUT2D eigenvalue weighted by atomic mass is 32.1. The van der Waals surface area contributed by atoms with Crippen molar-refractivity contribution in [1.29, 1.82) is 0 Å². The fourth-order valence-electron chi connectivity index (χ4n) is 1.75. The summed E-state index contributed by atoms with van der Waals surface area (Å²) < 4.78 is 11.1. The minimum Gasteiger partial charge on any atom is -0.493 e. The molecule has 0 atom stereocenters. The molecule has 0 aliphatic rings. The van der Waals surface area contributed by atoms with Gasteiger partial charge in [-0.05, 0) is 50.6 Å². The van der Waals surface area contributed by atoms with Gasteiger partial charge in [-0.1, -0.05) is 5.57 Å². The summed E-state index contributed by atoms with van der Waals surface area (Å²) in [6, 6.07) is 5.70. The third kappa shape index (κ3) is 5.41. The van der Waals surface area contributed by atoms with Crippen molar-refractivity contribution in [1.82, 2.24) is 4.98 Å². The number of benzene rings is 1. The van der Waals surface area contributed by atoms with Crippen molar-refractivity contribution in [2.45, 2.75) is 20.8 Å². The van der Waals surface area contributed by atoms with Crippen molar-refractivity contribution in [2.24, 2.45) is 5.10 Å². The van der Waals surface area contributed by atoms with Crippen LogP contribution < -0.4 is 14.9 Å². The molecule has 1 heterocycles. The van der Waals surface area contributed by atoms with Crippen LogP contribution in [0, 0.1) is 6.92 Å². The fourth-order valence-corrected chi connectivity index (χ4v) is 2.39. The molecule has 0 amide bonds. The lowest BCUT2D eigenvalue weighted by atomic mass is 10.2. The highest BCUT2D eigenvalue weighted by Crippen LogP contribution is 2.27. The van der Waals surface area contributed by atoms with Gasteiger partial charge in [0.15, 0.2) is 11.5 Å². The zero-order valence-electron chi connectivity index (χ0n) is 13.8. The summed E-state index contributed by atoms with van der Waals surface area (Å²) in [4.78, 5) is 4.28. The van der Waals surface area contributed by atoms with Crippen LogP contribution in [0.2, 0.25) is 0 Å². The summed E-state index contributed by atoms with van der Waals surface area (Å²) in [5, 5.41) is 6.93. The third-order valence-electron chi connectivity index (χ3n) is 2.91. The Morgan fingerprint density at radius 3 is 2.83 bits per heavy atom. The molecule has 0 aliphatic heterocycles. The predicted molar refractivity (Wildman–Crippen MR) is 96.0 cm³/mol. The van der Waals surface area contributed by atoms with Gasteiger partial charge in [0.05, 0.1) is 19.0 Å². The first-order chi connectivity index (χ1) is 11.1. The number of thiazole rings is 1. The quantitative estimate of drug-likeness (QED) is 0.468. The number of hydrogen-bond acceptors (Lipinski definition) is 6. The van der Waals surface area contributed by atoms with E-state index in [2.05, 4.69) is 15.5 Å². The molecule has 0 aliphatic carbocycles. The molecule has 1 aromatic carbocycles. The standard InChI is InChI=1S/C17H21N3O2S/c1-12(2)7-8-22-15-6-5-14(9-16(15)21-4)10-18-20-17-19-13(3)11-23-17/h5-7,9-11H,8H2,1-4H3,(H,19,20). The summed E-state index contributed by atoms with van der Waals surface area (Å²) in [6.45, 7) is 6.55. The Balaban J connectivity index is 2.01. The number of nitrogens with zero attached hydrogens (tertiary/aromatic N) is 2. The van der Waals surface area contributed by atoms with E-state index in [9.17, 15) is 0 Å². The molecule has 2 aromatic rings. The van der Waals surface area contributed by atoms with E-state index >= 15 is 0 Å². The van der Waals surface area contributed by atoms with E-state index in [0.29, 0.717) is 18.1 Å². The van der Waals surface area contributed by atoms with Crippen molar-refractivity contribution in [3.8, 4) is 11.5 Å². The van der Waals surface area contributed by atoms with Gasteiger partial charge >= 0.3 is 0 Å². The summed E-state index contributed by atoms with van der Waals surface area (Å²) in [6.07, 6.45) is 3.74. The SMILES string of the molecule is COc1cc(C=NNc2nc(C)cs2)ccc1OCC=C(C)C. The number of aryl methyl sites for hydroxylation is 1. The Kier molecular flexibility index (Phi) is 6.17. The first-order valence-corrected chi connectivity index (χ1v) is 8.12. The Morgan fingerprint density at radius 1 is 1.35 bits per heavy atom. The second-order valence-corrected chi connectivity index (χ2v) is 6.02. The molecule has 23 heavy (non-hydrogen) atoms. The molecule has 0 spiro atoms. The zero-order chi connectivity index (χ0) is 16.7. The zero-order valence-corrected chi connectivity index (χ0v) is 14.6. The monoisotopic (exact) mass is 331 g/mol. The van der Waals surface area contributed by atoms with E-state index < -0.39 is 0 Å². The molecule has 0 saturated carbocycles. The highest BCUT2D eigenvalue weighted by Gasteiger charge is 2.04. The van der Waals surface area contributed by atoms with Gasteiger partial charge in [-0.2, -0.15) is 5.10 Å². The molecular weight excluding hydrogens is 310 g/mol. The van der Waals surface area contributed by atoms with E-state index in [1.54, 1.807) is 13.3 Å². The van der Waals surface area contributed by atoms with Gasteiger partial charge in [-0.15, -0.1) is 11.3 Å². The number of rotatable bonds is 7. The van der Waals surface area contributed by atoms with Crippen molar-refractivity contribution >= 4 is 22.7 Å². The number of methoxy groups -OCH3 is 1. The number of hydrogen-bond donors (Lipinski definition) is 1. The molecule has 5 nitrogen and oxygen atoms in total. The summed E-state index contributed by atoms with van der Waals surface area (Å²) in [7, 11) is 1.63. The molecule has 0 radical (unpaired) electrons. The maximum Gasteiger partial charge on any atom is 0.203 e. The van der Waals surface area contributed by atoms with Crippen LogP contribution in [0.3, 0.4) is 0 Å². The first-order valence-electron chi connectivity index (χ1n) is 7.24. The number of allylic oxidation sites excluding steroid dienone is 1. The second-order valence-electron chi connectivity index (χ2n) is 5.17. The topological polar surface area (TPSA) is 55.7 Å². The van der Waals surface area contributed by atoms with Crippen molar-refractivity contribution < 1.29 is 9.47 Å². The first kappa shape index (κ1) is 17.0. The van der Waals surface area contributed by atoms with Gasteiger partial charge in [0.25, 0.3) is 0 Å². The number of hydrazone groups is 1. The van der Waals surface area contributed by atoms with Crippen LogP contribution in [0.4, 0.5) is 5.13 Å². The molecule has 6 heteroatoms. The van der Waals surface area contributed by atoms with Gasteiger partial charge in [-0.3, -0.25) is 5.43 Å². The molecular formula is C17H21N3O2S. The number of ether oxygens (including phenoxy) is 2. The molecule has 122 valence electrons. The van der Waals surface area contributed by atoms with E-state index in [1.807, 2.05) is 50.4 Å². The van der Waals surface area contributed by atoms with Crippen LogP contribution in [-0.2, 0) is 0 Å². The van der Waals surface area contributed by atoms with Gasteiger partial charge in [-0.25, -0.2) is 4.98 Å². The summed E-state index contributed by atoms with van der Waals surface area (Å²) >= 11 is 1.52. The highest BCUT2D eigenvalue weighted by molar-refractivity contribution is 7.13. The van der Waals surface area contributed by atoms with E-state index in [-0.39, 0.29) is 0 Å². The maximum absolute atomic E-state index is 5.70. The molecule has 0 saturated heterocycles. The lowest BCUT2D eigenvalue weighted by Crippen LogP contribution is -1.98. The molecule has 0 unspecified atom stereocenters. The van der Waals surface area contributed by atoms with Crippen molar-refractivity contribution in [2.75, 3.05) is 19.1 Å². The average molecular weight is 331 g/mol. The van der Waals surface area contributed by atoms with Crippen molar-refractivity contribution in [3.05, 3.63) is 46.5 Å². The van der Waals surface area contributed by atoms with E-state index in [0.717, 1.165) is 16.4 Å². The summed E-state index contributed by atoms with van der Waals surface area (Å²) in [5.41, 5.74) is 6.02. The maximum atomic E-state index is 5.70. The van der Waals surface area contributed by atoms with Gasteiger partial charge in [0.2, 0.25) is 5.13 Å². The van der Waals surface area contributed by atoms with Crippen LogP contribution in [0.1, 0.15) is 25.1 Å². The van der Waals surface area contributed by atoms with Crippen molar-refractivity contribution in [3.63, 3.8) is 0 Å². The van der Waals surface area contributed by atoms with Gasteiger partial charge in [0, 0.05) is 5.38 Å². The molecule has 0 fully saturated rings. The molecule has 1 N–H and O–H groups in total. The molecule has 1 aromatic heterocycles. The fraction of sp³-hybridized carbons (Fsp3) is 0.294. The third-order valence-corrected chi connectivity index (χ3v) is 3.78. The lowest BCUT2D eigenvalue weighted by molar-refractivity contribution is 0.325. The van der Waals surface area contributed by atoms with Crippen LogP contribution in [0.5, 0.6) is 11.5 Å². The van der Waals surface area contributed by atoms with Crippen LogP contribution >= 0.6 is 11.3 Å². The number of anilines is 1. The predicted octanol–water partition coefficient (Wildman–Crippen LogP) is 4.25.